The Morgan fingerprint density at radius 3 is 2.21 bits per heavy atom. The molecule has 1 aromatic rings. The Hall–Kier alpha value is -1.95. The number of quaternary nitrogens is 1. The molecule has 2 fully saturated rings. The van der Waals surface area contributed by atoms with Gasteiger partial charge in [0.05, 0.1) is 40.3 Å². The summed E-state index contributed by atoms with van der Waals surface area (Å²) in [6.07, 6.45) is 6.94. The average molecular weight is 392 g/mol. The zero-order valence-electron chi connectivity index (χ0n) is 17.6. The molecule has 0 bridgehead atoms. The highest BCUT2D eigenvalue weighted by atomic mass is 16.5. The highest BCUT2D eigenvalue weighted by molar-refractivity contribution is 5.79. The summed E-state index contributed by atoms with van der Waals surface area (Å²) in [5.41, 5.74) is 1.15. The van der Waals surface area contributed by atoms with E-state index in [9.17, 15) is 4.79 Å². The summed E-state index contributed by atoms with van der Waals surface area (Å²) in [5.74, 6) is 2.53. The smallest absolute Gasteiger partial charge is 0.231 e. The van der Waals surface area contributed by atoms with E-state index in [1.54, 1.807) is 21.3 Å². The van der Waals surface area contributed by atoms with Crippen molar-refractivity contribution in [2.24, 2.45) is 5.92 Å². The first-order valence-corrected chi connectivity index (χ1v) is 10.6. The van der Waals surface area contributed by atoms with Crippen LogP contribution in [0.5, 0.6) is 17.2 Å². The summed E-state index contributed by atoms with van der Waals surface area (Å²) in [5, 5.41) is 0. The van der Waals surface area contributed by atoms with E-state index in [1.165, 1.54) is 17.7 Å². The van der Waals surface area contributed by atoms with E-state index in [-0.39, 0.29) is 5.92 Å². The predicted molar refractivity (Wildman–Crippen MR) is 108 cm³/mol. The minimum atomic E-state index is 0.156. The molecule has 2 atom stereocenters. The summed E-state index contributed by atoms with van der Waals surface area (Å²) in [7, 11) is 4.91. The van der Waals surface area contributed by atoms with E-state index in [4.69, 9.17) is 14.2 Å². The Balaban J connectivity index is 1.67. The minimum absolute atomic E-state index is 0.156. The van der Waals surface area contributed by atoms with Gasteiger partial charge in [0.25, 0.3) is 0 Å². The fraction of sp³-hybridized carbons (Fsp3) is 0.682. The first kappa shape index (κ1) is 20.8. The van der Waals surface area contributed by atoms with Gasteiger partial charge in [0.1, 0.15) is 6.54 Å². The molecule has 2 heterocycles. The molecule has 2 saturated heterocycles. The van der Waals surface area contributed by atoms with Crippen LogP contribution in [-0.2, 0) is 11.3 Å². The quantitative estimate of drug-likeness (QED) is 0.805. The van der Waals surface area contributed by atoms with Crippen molar-refractivity contribution in [3.05, 3.63) is 17.7 Å². The third-order valence-electron chi connectivity index (χ3n) is 6.06. The molecule has 6 nitrogen and oxygen atoms in total. The summed E-state index contributed by atoms with van der Waals surface area (Å²) in [6.45, 7) is 4.75. The van der Waals surface area contributed by atoms with Gasteiger partial charge in [0, 0.05) is 18.7 Å². The van der Waals surface area contributed by atoms with Crippen molar-refractivity contribution in [1.82, 2.24) is 4.90 Å². The number of carbonyl (C=O) groups excluding carboxylic acids is 1. The van der Waals surface area contributed by atoms with Crippen LogP contribution in [0.3, 0.4) is 0 Å². The Bertz CT molecular complexity index is 631. The standard InChI is InChI=1S/C22H34N2O4/c1-26-19-13-17(14-20(27-2)21(19)28-3)15-23-10-8-9-18(16-23)22(25)24-11-6-4-5-7-12-24/h13-14,18H,4-12,15-16H2,1-3H3/p+1/t18-/m1/s1. The predicted octanol–water partition coefficient (Wildman–Crippen LogP) is 1.91. The highest BCUT2D eigenvalue weighted by Crippen LogP contribution is 2.38. The molecular weight excluding hydrogens is 356 g/mol. The largest absolute Gasteiger partial charge is 0.493 e. The molecule has 0 saturated carbocycles. The molecule has 156 valence electrons. The summed E-state index contributed by atoms with van der Waals surface area (Å²) in [4.78, 5) is 16.6. The second-order valence-corrected chi connectivity index (χ2v) is 7.99. The maximum Gasteiger partial charge on any atom is 0.231 e. The van der Waals surface area contributed by atoms with Crippen molar-refractivity contribution in [2.45, 2.75) is 45.1 Å². The third kappa shape index (κ3) is 4.90. The van der Waals surface area contributed by atoms with E-state index in [0.717, 1.165) is 64.0 Å². The van der Waals surface area contributed by atoms with Crippen LogP contribution in [0, 0.1) is 5.92 Å². The fourth-order valence-corrected chi connectivity index (χ4v) is 4.60. The van der Waals surface area contributed by atoms with Crippen LogP contribution in [0.15, 0.2) is 12.1 Å². The van der Waals surface area contributed by atoms with Gasteiger partial charge in [0.15, 0.2) is 11.5 Å². The Labute approximate surface area is 168 Å². The van der Waals surface area contributed by atoms with Crippen LogP contribution in [-0.4, -0.2) is 58.3 Å². The molecule has 2 aliphatic heterocycles. The molecule has 0 aliphatic carbocycles. The van der Waals surface area contributed by atoms with Crippen molar-refractivity contribution >= 4 is 5.91 Å². The van der Waals surface area contributed by atoms with E-state index in [0.29, 0.717) is 23.2 Å². The second kappa shape index (κ2) is 10.0. The number of nitrogens with zero attached hydrogens (tertiary/aromatic N) is 1. The summed E-state index contributed by atoms with van der Waals surface area (Å²) < 4.78 is 16.4. The Morgan fingerprint density at radius 2 is 1.64 bits per heavy atom. The van der Waals surface area contributed by atoms with Crippen molar-refractivity contribution in [3.63, 3.8) is 0 Å². The molecule has 6 heteroatoms. The lowest BCUT2D eigenvalue weighted by atomic mass is 9.95. The normalized spacial score (nSPS) is 23.0. The molecule has 1 amide bonds. The van der Waals surface area contributed by atoms with Gasteiger partial charge in [-0.05, 0) is 37.8 Å². The van der Waals surface area contributed by atoms with E-state index in [2.05, 4.69) is 4.90 Å². The average Bonchev–Trinajstić information content (AvgIpc) is 3.02. The molecule has 2 aliphatic rings. The maximum atomic E-state index is 13.0. The minimum Gasteiger partial charge on any atom is -0.493 e. The SMILES string of the molecule is COc1cc(C[NH+]2CCC[C@@H](C(=O)N3CCCCCC3)C2)cc(OC)c1OC. The van der Waals surface area contributed by atoms with E-state index < -0.39 is 0 Å². The summed E-state index contributed by atoms with van der Waals surface area (Å²) >= 11 is 0. The number of hydrogen-bond donors (Lipinski definition) is 1. The molecule has 28 heavy (non-hydrogen) atoms. The number of amides is 1. The number of rotatable bonds is 6. The van der Waals surface area contributed by atoms with E-state index in [1.807, 2.05) is 12.1 Å². The van der Waals surface area contributed by atoms with Crippen molar-refractivity contribution in [3.8, 4) is 17.2 Å². The van der Waals surface area contributed by atoms with Gasteiger partial charge in [0.2, 0.25) is 11.7 Å². The van der Waals surface area contributed by atoms with E-state index >= 15 is 0 Å². The van der Waals surface area contributed by atoms with Crippen LogP contribution in [0.2, 0.25) is 0 Å². The number of piperidine rings is 1. The number of carbonyl (C=O) groups is 1. The Kier molecular flexibility index (Phi) is 7.43. The molecule has 0 radical (unpaired) electrons. The first-order chi connectivity index (χ1) is 13.7. The van der Waals surface area contributed by atoms with Gasteiger partial charge in [-0.1, -0.05) is 12.8 Å². The topological polar surface area (TPSA) is 52.4 Å². The van der Waals surface area contributed by atoms with Gasteiger partial charge < -0.3 is 24.0 Å². The first-order valence-electron chi connectivity index (χ1n) is 10.6. The molecular formula is C22H35N2O4+. The van der Waals surface area contributed by atoms with Gasteiger partial charge in [-0.2, -0.15) is 0 Å². The van der Waals surface area contributed by atoms with Crippen molar-refractivity contribution in [2.75, 3.05) is 47.5 Å². The Morgan fingerprint density at radius 1 is 1.00 bits per heavy atom. The molecule has 3 rings (SSSR count). The number of ether oxygens (including phenoxy) is 3. The third-order valence-corrected chi connectivity index (χ3v) is 6.06. The molecule has 0 aromatic heterocycles. The van der Waals surface area contributed by atoms with Gasteiger partial charge in [-0.3, -0.25) is 4.79 Å². The van der Waals surface area contributed by atoms with Crippen LogP contribution in [0.1, 0.15) is 44.1 Å². The van der Waals surface area contributed by atoms with Gasteiger partial charge in [-0.25, -0.2) is 0 Å². The summed E-state index contributed by atoms with van der Waals surface area (Å²) in [6, 6.07) is 4.04. The fourth-order valence-electron chi connectivity index (χ4n) is 4.60. The number of nitrogens with one attached hydrogen (secondary N) is 1. The molecule has 1 aromatic carbocycles. The van der Waals surface area contributed by atoms with Gasteiger partial charge in [-0.15, -0.1) is 0 Å². The molecule has 0 spiro atoms. The molecule has 1 unspecified atom stereocenters. The zero-order valence-corrected chi connectivity index (χ0v) is 17.6. The lowest BCUT2D eigenvalue weighted by Crippen LogP contribution is -3.12. The van der Waals surface area contributed by atoms with Crippen LogP contribution in [0.25, 0.3) is 0 Å². The van der Waals surface area contributed by atoms with Crippen LogP contribution < -0.4 is 19.1 Å². The lowest BCUT2D eigenvalue weighted by molar-refractivity contribution is -0.921. The number of methoxy groups -OCH3 is 3. The van der Waals surface area contributed by atoms with Crippen molar-refractivity contribution < 1.29 is 23.9 Å². The maximum absolute atomic E-state index is 13.0. The monoisotopic (exact) mass is 391 g/mol. The second-order valence-electron chi connectivity index (χ2n) is 7.99. The lowest BCUT2D eigenvalue weighted by Gasteiger charge is -2.32. The number of benzene rings is 1. The van der Waals surface area contributed by atoms with Crippen molar-refractivity contribution in [1.29, 1.82) is 0 Å². The van der Waals surface area contributed by atoms with Gasteiger partial charge >= 0.3 is 0 Å². The van der Waals surface area contributed by atoms with Crippen LogP contribution >= 0.6 is 0 Å². The number of likely N-dealkylation sites (tertiary alicyclic amines) is 2. The zero-order chi connectivity index (χ0) is 19.9. The number of hydrogen-bond acceptors (Lipinski definition) is 4. The molecule has 1 N–H and O–H groups in total. The van der Waals surface area contributed by atoms with Crippen LogP contribution in [0.4, 0.5) is 0 Å². The highest BCUT2D eigenvalue weighted by Gasteiger charge is 2.32.